The first kappa shape index (κ1) is 16.5. The molecule has 0 bridgehead atoms. The Balaban J connectivity index is -0.000000245. The standard InChI is InChI=1S/C4H4O4.2Li/c5-3(6)1-2-4(7)8;;/h1-2H,(H,5,6)(H,7,8);;/b2-1-;;. The van der Waals surface area contributed by atoms with Crippen LogP contribution in [-0.4, -0.2) is 59.9 Å². The molecule has 2 N–H and O–H groups in total. The number of carboxylic acid groups (broad SMARTS) is 2. The monoisotopic (exact) mass is 130 g/mol. The number of carbonyl (C=O) groups is 2. The van der Waals surface area contributed by atoms with Crippen LogP contribution in [0.5, 0.6) is 0 Å². The first-order valence-corrected chi connectivity index (χ1v) is 1.77. The molecule has 0 aliphatic heterocycles. The van der Waals surface area contributed by atoms with Crippen LogP contribution in [0.4, 0.5) is 0 Å². The van der Waals surface area contributed by atoms with Gasteiger partial charge in [-0.15, -0.1) is 0 Å². The minimum Gasteiger partial charge on any atom is -0.478 e. The van der Waals surface area contributed by atoms with Crippen LogP contribution in [0.1, 0.15) is 0 Å². The van der Waals surface area contributed by atoms with Gasteiger partial charge in [0.15, 0.2) is 0 Å². The summed E-state index contributed by atoms with van der Waals surface area (Å²) in [5.74, 6) is -2.51. The van der Waals surface area contributed by atoms with Gasteiger partial charge in [0.2, 0.25) is 0 Å². The molecule has 0 rings (SSSR count). The summed E-state index contributed by atoms with van der Waals surface area (Å²) in [6, 6.07) is 0. The number of carboxylic acids is 2. The normalized spacial score (nSPS) is 7.60. The Hall–Kier alpha value is -0.125. The topological polar surface area (TPSA) is 74.6 Å². The van der Waals surface area contributed by atoms with Crippen molar-refractivity contribution in [3.63, 3.8) is 0 Å². The second kappa shape index (κ2) is 8.87. The van der Waals surface area contributed by atoms with Crippen molar-refractivity contribution in [1.29, 1.82) is 0 Å². The van der Waals surface area contributed by atoms with Crippen molar-refractivity contribution in [2.75, 3.05) is 0 Å². The summed E-state index contributed by atoms with van der Waals surface area (Å²) in [7, 11) is 0. The quantitative estimate of drug-likeness (QED) is 0.369. The Morgan fingerprint density at radius 3 is 1.20 bits per heavy atom. The largest absolute Gasteiger partial charge is 0.478 e. The molecule has 46 valence electrons. The minimum atomic E-state index is -1.26. The van der Waals surface area contributed by atoms with Gasteiger partial charge in [0.05, 0.1) is 0 Å². The third-order valence-electron chi connectivity index (χ3n) is 0.368. The summed E-state index contributed by atoms with van der Waals surface area (Å²) in [6.07, 6.45) is 1.12. The number of aliphatic carboxylic acids is 2. The minimum absolute atomic E-state index is 0. The average molecular weight is 130 g/mol. The Morgan fingerprint density at radius 2 is 1.10 bits per heavy atom. The second-order valence-corrected chi connectivity index (χ2v) is 1.01. The van der Waals surface area contributed by atoms with Crippen LogP contribution in [0.3, 0.4) is 0 Å². The molecule has 2 radical (unpaired) electrons. The maximum atomic E-state index is 9.55. The van der Waals surface area contributed by atoms with Gasteiger partial charge in [0.1, 0.15) is 0 Å². The molecule has 0 spiro atoms. The molecular formula is C4H4Li2O4. The Bertz CT molecular complexity index is 126. The molecule has 4 nitrogen and oxygen atoms in total. The molecule has 0 saturated heterocycles. The molecule has 0 atom stereocenters. The van der Waals surface area contributed by atoms with E-state index in [4.69, 9.17) is 10.2 Å². The van der Waals surface area contributed by atoms with Crippen LogP contribution in [-0.2, 0) is 9.59 Å². The third kappa shape index (κ3) is 15.7. The summed E-state index contributed by atoms with van der Waals surface area (Å²) in [4.78, 5) is 19.1. The van der Waals surface area contributed by atoms with Gasteiger partial charge in [-0.25, -0.2) is 9.59 Å². The van der Waals surface area contributed by atoms with Crippen molar-refractivity contribution in [2.24, 2.45) is 0 Å². The van der Waals surface area contributed by atoms with Crippen molar-refractivity contribution >= 4 is 49.7 Å². The zero-order chi connectivity index (χ0) is 6.57. The summed E-state index contributed by atoms with van der Waals surface area (Å²) < 4.78 is 0. The molecule has 0 aromatic carbocycles. The van der Waals surface area contributed by atoms with E-state index in [0.29, 0.717) is 12.2 Å². The van der Waals surface area contributed by atoms with Crippen LogP contribution >= 0.6 is 0 Å². The molecule has 0 saturated carbocycles. The van der Waals surface area contributed by atoms with Gasteiger partial charge in [-0.05, 0) is 0 Å². The van der Waals surface area contributed by atoms with Crippen LogP contribution in [0.15, 0.2) is 12.2 Å². The summed E-state index contributed by atoms with van der Waals surface area (Å²) in [5, 5.41) is 15.6. The molecule has 0 amide bonds. The molecule has 10 heavy (non-hydrogen) atoms. The van der Waals surface area contributed by atoms with Crippen LogP contribution in [0.2, 0.25) is 0 Å². The molecule has 0 aromatic heterocycles. The van der Waals surface area contributed by atoms with Crippen LogP contribution in [0.25, 0.3) is 0 Å². The fraction of sp³-hybridized carbons (Fsp3) is 0. The van der Waals surface area contributed by atoms with E-state index in [1.54, 1.807) is 0 Å². The van der Waals surface area contributed by atoms with Crippen LogP contribution in [0, 0.1) is 0 Å². The predicted molar refractivity (Wildman–Crippen MR) is 35.9 cm³/mol. The van der Waals surface area contributed by atoms with Gasteiger partial charge < -0.3 is 10.2 Å². The van der Waals surface area contributed by atoms with E-state index in [1.165, 1.54) is 0 Å². The SMILES string of the molecule is O=C(O)/C=C\C(=O)O.[Li].[Li]. The van der Waals surface area contributed by atoms with Crippen molar-refractivity contribution < 1.29 is 19.8 Å². The number of hydrogen-bond donors (Lipinski definition) is 2. The first-order chi connectivity index (χ1) is 3.63. The molecule has 0 fully saturated rings. The van der Waals surface area contributed by atoms with E-state index < -0.39 is 11.9 Å². The zero-order valence-corrected chi connectivity index (χ0v) is 5.87. The van der Waals surface area contributed by atoms with Gasteiger partial charge in [-0.2, -0.15) is 0 Å². The molecule has 0 aliphatic rings. The molecular weight excluding hydrogens is 126 g/mol. The van der Waals surface area contributed by atoms with E-state index in [0.717, 1.165) is 0 Å². The summed E-state index contributed by atoms with van der Waals surface area (Å²) >= 11 is 0. The van der Waals surface area contributed by atoms with Crippen LogP contribution < -0.4 is 0 Å². The summed E-state index contributed by atoms with van der Waals surface area (Å²) in [6.45, 7) is 0. The van der Waals surface area contributed by atoms with E-state index in [2.05, 4.69) is 0 Å². The predicted octanol–water partition coefficient (Wildman–Crippen LogP) is -1.05. The summed E-state index contributed by atoms with van der Waals surface area (Å²) in [5.41, 5.74) is 0. The Labute approximate surface area is 81.7 Å². The number of rotatable bonds is 2. The smallest absolute Gasteiger partial charge is 0.328 e. The number of hydrogen-bond acceptors (Lipinski definition) is 2. The Kier molecular flexibility index (Phi) is 14.6. The van der Waals surface area contributed by atoms with Crippen molar-refractivity contribution in [1.82, 2.24) is 0 Å². The molecule has 0 unspecified atom stereocenters. The maximum Gasteiger partial charge on any atom is 0.328 e. The van der Waals surface area contributed by atoms with E-state index in [1.807, 2.05) is 0 Å². The van der Waals surface area contributed by atoms with Gasteiger partial charge in [-0.3, -0.25) is 0 Å². The fourth-order valence-corrected chi connectivity index (χ4v) is 0.143. The Morgan fingerprint density at radius 1 is 0.900 bits per heavy atom. The average Bonchev–Trinajstić information content (AvgIpc) is 1.61. The van der Waals surface area contributed by atoms with Gasteiger partial charge >= 0.3 is 11.9 Å². The molecule has 6 heteroatoms. The fourth-order valence-electron chi connectivity index (χ4n) is 0.143. The molecule has 0 aliphatic carbocycles. The first-order valence-electron chi connectivity index (χ1n) is 1.77. The van der Waals surface area contributed by atoms with Gasteiger partial charge in [0.25, 0.3) is 0 Å². The molecule has 0 heterocycles. The van der Waals surface area contributed by atoms with Crippen molar-refractivity contribution in [3.8, 4) is 0 Å². The van der Waals surface area contributed by atoms with Gasteiger partial charge in [-0.1, -0.05) is 0 Å². The van der Waals surface area contributed by atoms with Crippen molar-refractivity contribution in [2.45, 2.75) is 0 Å². The van der Waals surface area contributed by atoms with Gasteiger partial charge in [0, 0.05) is 49.9 Å². The molecule has 0 aromatic rings. The maximum absolute atomic E-state index is 9.55. The van der Waals surface area contributed by atoms with E-state index in [-0.39, 0.29) is 37.7 Å². The van der Waals surface area contributed by atoms with E-state index in [9.17, 15) is 9.59 Å². The third-order valence-corrected chi connectivity index (χ3v) is 0.368. The zero-order valence-electron chi connectivity index (χ0n) is 5.87. The second-order valence-electron chi connectivity index (χ2n) is 1.01. The van der Waals surface area contributed by atoms with Crippen molar-refractivity contribution in [3.05, 3.63) is 12.2 Å². The van der Waals surface area contributed by atoms with E-state index >= 15 is 0 Å².